The zero-order valence-corrected chi connectivity index (χ0v) is 37.3. The highest BCUT2D eigenvalue weighted by molar-refractivity contribution is 5.91. The quantitative estimate of drug-likeness (QED) is 0.129. The van der Waals surface area contributed by atoms with E-state index in [1.54, 1.807) is 0 Å². The zero-order valence-electron chi connectivity index (χ0n) is 37.3. The molecule has 0 saturated heterocycles. The van der Waals surface area contributed by atoms with Crippen LogP contribution in [0.2, 0.25) is 0 Å². The molecule has 0 aliphatic rings. The molecule has 0 saturated carbocycles. The van der Waals surface area contributed by atoms with E-state index in [4.69, 9.17) is 0 Å². The fourth-order valence-electron chi connectivity index (χ4n) is 9.66. The number of anilines is 6. The van der Waals surface area contributed by atoms with Crippen LogP contribution in [0.5, 0.6) is 0 Å². The molecule has 68 heavy (non-hydrogen) atoms. The van der Waals surface area contributed by atoms with E-state index >= 15 is 0 Å². The first kappa shape index (κ1) is 40.4. The number of fused-ring (bicyclic) bond motifs is 2. The number of aromatic nitrogens is 2. The minimum absolute atomic E-state index is 1.09. The minimum Gasteiger partial charge on any atom is -0.311 e. The van der Waals surface area contributed by atoms with Crippen molar-refractivity contribution in [1.29, 1.82) is 0 Å². The SMILES string of the molecule is c1ccc(N(c2ccc(-c3ccc(N(c4ccccc4)c4ccc(-c5cc6ccccc6n5-c5ccccc5)cc4)cc3)cc2)c2ccc(-c3cc4ccccc4n3-c3ccccc3)cc2)cc1. The summed E-state index contributed by atoms with van der Waals surface area (Å²) in [6.07, 6.45) is 0. The normalized spacial score (nSPS) is 11.2. The Morgan fingerprint density at radius 3 is 0.824 bits per heavy atom. The number of hydrogen-bond donors (Lipinski definition) is 0. The molecule has 0 spiro atoms. The lowest BCUT2D eigenvalue weighted by atomic mass is 10.0. The molecular formula is C64H46N4. The Kier molecular flexibility index (Phi) is 10.5. The molecule has 2 heterocycles. The summed E-state index contributed by atoms with van der Waals surface area (Å²) in [6.45, 7) is 0. The van der Waals surface area contributed by atoms with E-state index in [1.165, 1.54) is 21.8 Å². The van der Waals surface area contributed by atoms with Crippen LogP contribution in [0, 0.1) is 0 Å². The maximum Gasteiger partial charge on any atom is 0.0541 e. The fourth-order valence-corrected chi connectivity index (χ4v) is 9.66. The first-order chi connectivity index (χ1) is 33.7. The van der Waals surface area contributed by atoms with E-state index in [1.807, 2.05) is 0 Å². The largest absolute Gasteiger partial charge is 0.311 e. The maximum atomic E-state index is 2.36. The predicted octanol–water partition coefficient (Wildman–Crippen LogP) is 17.5. The average molecular weight is 871 g/mol. The van der Waals surface area contributed by atoms with E-state index in [0.29, 0.717) is 0 Å². The van der Waals surface area contributed by atoms with Crippen LogP contribution in [-0.4, -0.2) is 9.13 Å². The molecule has 4 nitrogen and oxygen atoms in total. The summed E-state index contributed by atoms with van der Waals surface area (Å²) in [6, 6.07) is 100. The van der Waals surface area contributed by atoms with E-state index in [2.05, 4.69) is 298 Å². The Labute approximate surface area is 397 Å². The summed E-state index contributed by atoms with van der Waals surface area (Å²) >= 11 is 0. The molecular weight excluding hydrogens is 825 g/mol. The average Bonchev–Trinajstić information content (AvgIpc) is 4.01. The van der Waals surface area contributed by atoms with Gasteiger partial charge in [0, 0.05) is 56.3 Å². The molecule has 0 atom stereocenters. The van der Waals surface area contributed by atoms with Crippen LogP contribution in [0.3, 0.4) is 0 Å². The first-order valence-corrected chi connectivity index (χ1v) is 23.2. The molecule has 0 amide bonds. The van der Waals surface area contributed by atoms with Crippen molar-refractivity contribution < 1.29 is 0 Å². The van der Waals surface area contributed by atoms with Gasteiger partial charge >= 0.3 is 0 Å². The maximum absolute atomic E-state index is 2.36. The fraction of sp³-hybridized carbons (Fsp3) is 0. The van der Waals surface area contributed by atoms with Crippen molar-refractivity contribution in [3.63, 3.8) is 0 Å². The van der Waals surface area contributed by atoms with Crippen molar-refractivity contribution in [2.24, 2.45) is 0 Å². The van der Waals surface area contributed by atoms with Gasteiger partial charge in [-0.05, 0) is 144 Å². The molecule has 2 aromatic heterocycles. The Bertz CT molecular complexity index is 3370. The van der Waals surface area contributed by atoms with Gasteiger partial charge in [-0.15, -0.1) is 0 Å². The second-order valence-electron chi connectivity index (χ2n) is 17.0. The molecule has 12 aromatic rings. The highest BCUT2D eigenvalue weighted by Gasteiger charge is 2.18. The van der Waals surface area contributed by atoms with Crippen LogP contribution in [0.15, 0.2) is 279 Å². The Hall–Kier alpha value is -9.12. The molecule has 0 aliphatic carbocycles. The summed E-state index contributed by atoms with van der Waals surface area (Å²) < 4.78 is 4.71. The molecule has 10 aromatic carbocycles. The van der Waals surface area contributed by atoms with Crippen LogP contribution in [-0.2, 0) is 0 Å². The number of hydrogen-bond acceptors (Lipinski definition) is 2. The van der Waals surface area contributed by atoms with Gasteiger partial charge < -0.3 is 18.9 Å². The summed E-state index contributed by atoms with van der Waals surface area (Å²) in [7, 11) is 0. The Morgan fingerprint density at radius 2 is 0.485 bits per heavy atom. The van der Waals surface area contributed by atoms with Crippen molar-refractivity contribution in [1.82, 2.24) is 9.13 Å². The molecule has 4 heteroatoms. The molecule has 322 valence electrons. The van der Waals surface area contributed by atoms with Gasteiger partial charge in [0.15, 0.2) is 0 Å². The van der Waals surface area contributed by atoms with Crippen LogP contribution < -0.4 is 9.80 Å². The van der Waals surface area contributed by atoms with Crippen LogP contribution in [0.25, 0.3) is 66.8 Å². The van der Waals surface area contributed by atoms with Gasteiger partial charge in [-0.2, -0.15) is 0 Å². The monoisotopic (exact) mass is 870 g/mol. The molecule has 0 radical (unpaired) electrons. The van der Waals surface area contributed by atoms with Crippen molar-refractivity contribution in [2.75, 3.05) is 9.80 Å². The van der Waals surface area contributed by atoms with Crippen LogP contribution in [0.1, 0.15) is 0 Å². The van der Waals surface area contributed by atoms with Crippen molar-refractivity contribution in [2.45, 2.75) is 0 Å². The summed E-state index contributed by atoms with van der Waals surface area (Å²) in [5.74, 6) is 0. The van der Waals surface area contributed by atoms with Gasteiger partial charge in [-0.3, -0.25) is 0 Å². The van der Waals surface area contributed by atoms with Gasteiger partial charge in [-0.1, -0.05) is 158 Å². The highest BCUT2D eigenvalue weighted by Crippen LogP contribution is 2.41. The number of para-hydroxylation sites is 6. The van der Waals surface area contributed by atoms with Gasteiger partial charge in [0.25, 0.3) is 0 Å². The molecule has 0 N–H and O–H groups in total. The minimum atomic E-state index is 1.09. The third-order valence-electron chi connectivity index (χ3n) is 12.9. The van der Waals surface area contributed by atoms with Crippen LogP contribution in [0.4, 0.5) is 34.1 Å². The van der Waals surface area contributed by atoms with Crippen LogP contribution >= 0.6 is 0 Å². The third-order valence-corrected chi connectivity index (χ3v) is 12.9. The first-order valence-electron chi connectivity index (χ1n) is 23.2. The Balaban J connectivity index is 0.839. The highest BCUT2D eigenvalue weighted by atomic mass is 15.1. The van der Waals surface area contributed by atoms with Gasteiger partial charge in [0.1, 0.15) is 0 Å². The van der Waals surface area contributed by atoms with E-state index < -0.39 is 0 Å². The smallest absolute Gasteiger partial charge is 0.0541 e. The molecule has 0 aliphatic heterocycles. The summed E-state index contributed by atoms with van der Waals surface area (Å²) in [4.78, 5) is 4.65. The third kappa shape index (κ3) is 7.60. The second kappa shape index (κ2) is 17.7. The van der Waals surface area contributed by atoms with Gasteiger partial charge in [-0.25, -0.2) is 0 Å². The topological polar surface area (TPSA) is 16.3 Å². The van der Waals surface area contributed by atoms with E-state index in [0.717, 1.165) is 79.1 Å². The standard InChI is InChI=1S/C64H46N4/c1-5-19-53(20-6-1)65(59-41-33-49(34-42-59)63-45-51-17-13-15-27-61(51)67(63)55-23-9-3-10-24-55)57-37-29-47(30-38-57)48-31-39-58(40-32-48)66(54-21-7-2-8-22-54)60-43-35-50(36-44-60)64-46-52-18-14-16-28-62(52)68(64)56-25-11-4-12-26-56/h1-46H. The summed E-state index contributed by atoms with van der Waals surface area (Å²) in [5.41, 5.74) is 18.2. The molecule has 0 bridgehead atoms. The number of nitrogens with zero attached hydrogens (tertiary/aromatic N) is 4. The zero-order chi connectivity index (χ0) is 45.2. The van der Waals surface area contributed by atoms with Crippen molar-refractivity contribution in [3.8, 4) is 45.0 Å². The number of rotatable bonds is 11. The second-order valence-corrected chi connectivity index (χ2v) is 17.0. The van der Waals surface area contributed by atoms with E-state index in [-0.39, 0.29) is 0 Å². The lowest BCUT2D eigenvalue weighted by Gasteiger charge is -2.26. The van der Waals surface area contributed by atoms with Crippen molar-refractivity contribution >= 4 is 55.9 Å². The van der Waals surface area contributed by atoms with Gasteiger partial charge in [0.05, 0.1) is 22.4 Å². The molecule has 12 rings (SSSR count). The number of benzene rings is 10. The summed E-state index contributed by atoms with van der Waals surface area (Å²) in [5, 5.41) is 2.44. The molecule has 0 fully saturated rings. The Morgan fingerprint density at radius 1 is 0.221 bits per heavy atom. The van der Waals surface area contributed by atoms with Gasteiger partial charge in [0.2, 0.25) is 0 Å². The van der Waals surface area contributed by atoms with Crippen molar-refractivity contribution in [3.05, 3.63) is 279 Å². The lowest BCUT2D eigenvalue weighted by Crippen LogP contribution is -2.10. The lowest BCUT2D eigenvalue weighted by molar-refractivity contribution is 1.13. The molecule has 0 unspecified atom stereocenters. The van der Waals surface area contributed by atoms with E-state index in [9.17, 15) is 0 Å². The predicted molar refractivity (Wildman–Crippen MR) is 286 cm³/mol.